The third-order valence-electron chi connectivity index (χ3n) is 3.53. The van der Waals surface area contributed by atoms with Gasteiger partial charge in [0.25, 0.3) is 0 Å². The van der Waals surface area contributed by atoms with Crippen molar-refractivity contribution in [3.63, 3.8) is 0 Å². The van der Waals surface area contributed by atoms with Crippen molar-refractivity contribution in [2.45, 2.75) is 0 Å². The summed E-state index contributed by atoms with van der Waals surface area (Å²) in [6.07, 6.45) is 6.39. The first-order chi connectivity index (χ1) is 15.3. The number of benzene rings is 2. The number of ether oxygens (including phenoxy) is 2. The summed E-state index contributed by atoms with van der Waals surface area (Å²) in [5.74, 6) is 1.33. The summed E-state index contributed by atoms with van der Waals surface area (Å²) in [4.78, 5) is 12.1. The lowest BCUT2D eigenvalue weighted by Gasteiger charge is -2.10. The Labute approximate surface area is 241 Å². The van der Waals surface area contributed by atoms with Gasteiger partial charge < -0.3 is 9.47 Å². The summed E-state index contributed by atoms with van der Waals surface area (Å²) in [7, 11) is 0. The van der Waals surface area contributed by atoms with Crippen molar-refractivity contribution in [1.29, 1.82) is 0 Å². The Hall–Kier alpha value is -0.950. The van der Waals surface area contributed by atoms with Crippen LogP contribution in [-0.4, -0.2) is 31.7 Å². The maximum atomic E-state index is 12.1. The highest BCUT2D eigenvalue weighted by atomic mass is 127. The summed E-state index contributed by atoms with van der Waals surface area (Å²) >= 11 is 8.82. The lowest BCUT2D eigenvalue weighted by Crippen LogP contribution is -2.28. The number of amides is 2. The monoisotopic (exact) mass is 882 g/mol. The van der Waals surface area contributed by atoms with Gasteiger partial charge in [-0.2, -0.15) is 10.2 Å². The largest absolute Gasteiger partial charge is 0.489 e. The van der Waals surface area contributed by atoms with Crippen LogP contribution in [0.3, 0.4) is 0 Å². The van der Waals surface area contributed by atoms with Gasteiger partial charge in [-0.3, -0.25) is 0 Å². The molecule has 0 heterocycles. The topological polar surface area (TPSA) is 84.3 Å². The molecule has 2 amide bonds. The number of carbonyl (C=O) groups is 1. The highest BCUT2D eigenvalue weighted by Gasteiger charge is 2.10. The molecule has 0 atom stereocenters. The second kappa shape index (κ2) is 14.3. The standard InChI is InChI=1S/C21H18I4N4O3/c1-3-5-31-19-10-15(23)8-17(24)16(19)12-27-29-21(30)28-26-11-13-7-14(22)9-18(25)20(13)32-6-4-2/h3-4,7-12H,1-2,5-6H2,(H2,28,29,30)/b26-11?,27-12+. The molecule has 32 heavy (non-hydrogen) atoms. The summed E-state index contributed by atoms with van der Waals surface area (Å²) in [6.45, 7) is 8.07. The van der Waals surface area contributed by atoms with Crippen LogP contribution in [0.2, 0.25) is 0 Å². The molecule has 2 rings (SSSR count). The highest BCUT2D eigenvalue weighted by molar-refractivity contribution is 14.1. The van der Waals surface area contributed by atoms with Gasteiger partial charge in [-0.25, -0.2) is 15.6 Å². The van der Waals surface area contributed by atoms with Crippen molar-refractivity contribution >= 4 is 109 Å². The third kappa shape index (κ3) is 8.77. The zero-order valence-corrected chi connectivity index (χ0v) is 25.2. The molecule has 2 aromatic carbocycles. The molecule has 168 valence electrons. The lowest BCUT2D eigenvalue weighted by atomic mass is 10.2. The molecular formula is C21H18I4N4O3. The molecule has 0 aliphatic rings. The van der Waals surface area contributed by atoms with E-state index in [0.717, 1.165) is 25.4 Å². The minimum absolute atomic E-state index is 0.371. The van der Waals surface area contributed by atoms with Gasteiger partial charge in [0.15, 0.2) is 0 Å². The molecule has 0 radical (unpaired) electrons. The van der Waals surface area contributed by atoms with E-state index in [-0.39, 0.29) is 0 Å². The second-order valence-electron chi connectivity index (χ2n) is 5.87. The van der Waals surface area contributed by atoms with Crippen molar-refractivity contribution in [2.75, 3.05) is 13.2 Å². The van der Waals surface area contributed by atoms with Crippen molar-refractivity contribution in [3.8, 4) is 11.5 Å². The van der Waals surface area contributed by atoms with E-state index in [9.17, 15) is 4.79 Å². The van der Waals surface area contributed by atoms with Gasteiger partial charge >= 0.3 is 6.03 Å². The third-order valence-corrected chi connectivity index (χ3v) is 6.46. The van der Waals surface area contributed by atoms with Gasteiger partial charge in [0.2, 0.25) is 0 Å². The quantitative estimate of drug-likeness (QED) is 0.135. The van der Waals surface area contributed by atoms with Crippen LogP contribution in [0.15, 0.2) is 59.8 Å². The first-order valence-corrected chi connectivity index (χ1v) is 13.2. The number of nitrogens with zero attached hydrogens (tertiary/aromatic N) is 2. The van der Waals surface area contributed by atoms with Crippen molar-refractivity contribution in [3.05, 3.63) is 75.0 Å². The number of hydrogen-bond acceptors (Lipinski definition) is 5. The Kier molecular flexibility index (Phi) is 12.2. The van der Waals surface area contributed by atoms with E-state index in [2.05, 4.69) is 125 Å². The molecule has 0 aliphatic heterocycles. The molecule has 0 bridgehead atoms. The molecule has 2 aromatic rings. The Morgan fingerprint density at radius 3 is 2.16 bits per heavy atom. The first-order valence-electron chi connectivity index (χ1n) is 8.93. The normalized spacial score (nSPS) is 10.9. The fourth-order valence-corrected chi connectivity index (χ4v) is 6.24. The molecule has 11 heteroatoms. The average molecular weight is 882 g/mol. The fraction of sp³-hybridized carbons (Fsp3) is 0.0952. The molecular weight excluding hydrogens is 864 g/mol. The lowest BCUT2D eigenvalue weighted by molar-refractivity contribution is 0.242. The Morgan fingerprint density at radius 2 is 1.47 bits per heavy atom. The average Bonchev–Trinajstić information content (AvgIpc) is 2.73. The van der Waals surface area contributed by atoms with Crippen LogP contribution < -0.4 is 20.3 Å². The van der Waals surface area contributed by atoms with Gasteiger partial charge in [-0.15, -0.1) is 0 Å². The van der Waals surface area contributed by atoms with Crippen molar-refractivity contribution in [2.24, 2.45) is 10.2 Å². The van der Waals surface area contributed by atoms with Gasteiger partial charge in [0.1, 0.15) is 24.7 Å². The van der Waals surface area contributed by atoms with E-state index in [1.54, 1.807) is 12.2 Å². The van der Waals surface area contributed by atoms with Crippen LogP contribution in [0.4, 0.5) is 4.79 Å². The second-order valence-corrected chi connectivity index (χ2v) is 10.7. The Bertz CT molecular complexity index is 1060. The van der Waals surface area contributed by atoms with E-state index in [1.807, 2.05) is 24.3 Å². The Balaban J connectivity index is 2.04. The number of nitrogens with one attached hydrogen (secondary N) is 2. The molecule has 0 aliphatic carbocycles. The molecule has 0 aromatic heterocycles. The van der Waals surface area contributed by atoms with Crippen molar-refractivity contribution < 1.29 is 14.3 Å². The summed E-state index contributed by atoms with van der Waals surface area (Å²) in [6, 6.07) is 7.20. The molecule has 0 spiro atoms. The molecule has 0 unspecified atom stereocenters. The number of urea groups is 1. The van der Waals surface area contributed by atoms with Gasteiger partial charge in [0, 0.05) is 16.3 Å². The van der Waals surface area contributed by atoms with Crippen LogP contribution >= 0.6 is 90.4 Å². The molecule has 7 nitrogen and oxygen atoms in total. The van der Waals surface area contributed by atoms with Gasteiger partial charge in [-0.05, 0) is 115 Å². The van der Waals surface area contributed by atoms with Crippen LogP contribution in [0, 0.1) is 14.3 Å². The smallest absolute Gasteiger partial charge is 0.355 e. The number of hydrazone groups is 2. The van der Waals surface area contributed by atoms with E-state index in [0.29, 0.717) is 24.7 Å². The minimum atomic E-state index is -0.583. The summed E-state index contributed by atoms with van der Waals surface area (Å²) in [5, 5.41) is 7.99. The molecule has 0 fully saturated rings. The predicted molar refractivity (Wildman–Crippen MR) is 162 cm³/mol. The van der Waals surface area contributed by atoms with Crippen LogP contribution in [0.5, 0.6) is 11.5 Å². The number of halogens is 4. The van der Waals surface area contributed by atoms with Crippen molar-refractivity contribution in [1.82, 2.24) is 10.9 Å². The Morgan fingerprint density at radius 1 is 0.875 bits per heavy atom. The fourth-order valence-electron chi connectivity index (χ4n) is 2.27. The van der Waals surface area contributed by atoms with Gasteiger partial charge in [0.05, 0.1) is 21.6 Å². The molecule has 0 saturated carbocycles. The van der Waals surface area contributed by atoms with E-state index >= 15 is 0 Å². The maximum absolute atomic E-state index is 12.1. The van der Waals surface area contributed by atoms with E-state index in [4.69, 9.17) is 9.47 Å². The van der Waals surface area contributed by atoms with E-state index in [1.165, 1.54) is 12.4 Å². The number of rotatable bonds is 10. The summed E-state index contributed by atoms with van der Waals surface area (Å²) in [5.41, 5.74) is 6.28. The van der Waals surface area contributed by atoms with Crippen LogP contribution in [-0.2, 0) is 0 Å². The van der Waals surface area contributed by atoms with Gasteiger partial charge in [-0.1, -0.05) is 25.3 Å². The maximum Gasteiger partial charge on any atom is 0.355 e. The number of hydrogen-bond donors (Lipinski definition) is 2. The summed E-state index contributed by atoms with van der Waals surface area (Å²) < 4.78 is 15.3. The first kappa shape index (κ1) is 27.3. The number of carbonyl (C=O) groups excluding carboxylic acids is 1. The molecule has 2 N–H and O–H groups in total. The zero-order chi connectivity index (χ0) is 23.5. The van der Waals surface area contributed by atoms with Crippen LogP contribution in [0.25, 0.3) is 0 Å². The zero-order valence-electron chi connectivity index (χ0n) is 16.6. The minimum Gasteiger partial charge on any atom is -0.489 e. The predicted octanol–water partition coefficient (Wildman–Crippen LogP) is 5.90. The SMILES string of the molecule is C=CCOc1cc(I)cc(I)c1/C=N/NC(=O)NN=Cc1cc(I)cc(I)c1OCC=C. The van der Waals surface area contributed by atoms with Crippen LogP contribution in [0.1, 0.15) is 11.1 Å². The van der Waals surface area contributed by atoms with E-state index < -0.39 is 6.03 Å². The highest BCUT2D eigenvalue weighted by Crippen LogP contribution is 2.28. The molecule has 0 saturated heterocycles.